The minimum absolute atomic E-state index is 0.230. The number of ether oxygens (including phenoxy) is 2. The highest BCUT2D eigenvalue weighted by Gasteiger charge is 2.36. The molecular formula is C25H19BrFNO4S. The lowest BCUT2D eigenvalue weighted by atomic mass is 10.1. The van der Waals surface area contributed by atoms with E-state index in [4.69, 9.17) is 9.47 Å². The summed E-state index contributed by atoms with van der Waals surface area (Å²) in [5.74, 6) is 0.302. The summed E-state index contributed by atoms with van der Waals surface area (Å²) in [5.41, 5.74) is 2.02. The largest absolute Gasteiger partial charge is 0.490 e. The third-order valence-corrected chi connectivity index (χ3v) is 6.19. The number of imide groups is 1. The van der Waals surface area contributed by atoms with Gasteiger partial charge in [0.05, 0.1) is 21.7 Å². The standard InChI is InChI=1S/C25H19BrFNO4S/c1-2-31-21-13-17(12-20(26)23(21)32-15-16-8-10-18(27)11-9-16)14-22-24(29)28(25(30)33-22)19-6-4-3-5-7-19/h3-14H,2,15H2,1H3/b22-14-. The van der Waals surface area contributed by atoms with Crippen molar-refractivity contribution in [3.63, 3.8) is 0 Å². The first kappa shape index (κ1) is 23.1. The molecule has 0 N–H and O–H groups in total. The third-order valence-electron chi connectivity index (χ3n) is 4.73. The summed E-state index contributed by atoms with van der Waals surface area (Å²) >= 11 is 4.40. The quantitative estimate of drug-likeness (QED) is 0.316. The van der Waals surface area contributed by atoms with Crippen LogP contribution in [0.5, 0.6) is 11.5 Å². The number of carbonyl (C=O) groups excluding carboxylic acids is 2. The molecule has 0 unspecified atom stereocenters. The minimum atomic E-state index is -0.373. The molecule has 0 saturated carbocycles. The van der Waals surface area contributed by atoms with Crippen molar-refractivity contribution < 1.29 is 23.5 Å². The normalized spacial score (nSPS) is 14.8. The number of rotatable bonds is 7. The van der Waals surface area contributed by atoms with Crippen LogP contribution in [0.4, 0.5) is 14.9 Å². The van der Waals surface area contributed by atoms with Gasteiger partial charge in [-0.05, 0) is 88.2 Å². The Hall–Kier alpha value is -3.10. The Bertz CT molecular complexity index is 1220. The van der Waals surface area contributed by atoms with Crippen LogP contribution in [-0.4, -0.2) is 17.8 Å². The molecule has 1 heterocycles. The van der Waals surface area contributed by atoms with Crippen molar-refractivity contribution in [1.29, 1.82) is 0 Å². The average Bonchev–Trinajstić information content (AvgIpc) is 3.08. The monoisotopic (exact) mass is 527 g/mol. The van der Waals surface area contributed by atoms with Crippen LogP contribution in [0, 0.1) is 5.82 Å². The highest BCUT2D eigenvalue weighted by molar-refractivity contribution is 9.10. The van der Waals surface area contributed by atoms with Crippen LogP contribution in [0.1, 0.15) is 18.1 Å². The molecule has 4 rings (SSSR count). The third kappa shape index (κ3) is 5.29. The number of halogens is 2. The van der Waals surface area contributed by atoms with E-state index in [-0.39, 0.29) is 23.6 Å². The van der Waals surface area contributed by atoms with E-state index in [0.29, 0.717) is 38.7 Å². The van der Waals surface area contributed by atoms with Crippen LogP contribution in [0.25, 0.3) is 6.08 Å². The summed E-state index contributed by atoms with van der Waals surface area (Å²) in [6.45, 7) is 2.50. The Morgan fingerprint density at radius 3 is 2.45 bits per heavy atom. The zero-order chi connectivity index (χ0) is 23.4. The summed E-state index contributed by atoms with van der Waals surface area (Å²) in [6.07, 6.45) is 1.66. The van der Waals surface area contributed by atoms with Crippen molar-refractivity contribution in [1.82, 2.24) is 0 Å². The first-order valence-electron chi connectivity index (χ1n) is 10.1. The molecule has 3 aromatic carbocycles. The van der Waals surface area contributed by atoms with Crippen molar-refractivity contribution in [2.45, 2.75) is 13.5 Å². The first-order chi connectivity index (χ1) is 16.0. The second-order valence-corrected chi connectivity index (χ2v) is 8.88. The fourth-order valence-electron chi connectivity index (χ4n) is 3.23. The SMILES string of the molecule is CCOc1cc(/C=C2\SC(=O)N(c3ccccc3)C2=O)cc(Br)c1OCc1ccc(F)cc1. The predicted octanol–water partition coefficient (Wildman–Crippen LogP) is 6.81. The molecule has 0 radical (unpaired) electrons. The smallest absolute Gasteiger partial charge is 0.298 e. The van der Waals surface area contributed by atoms with Gasteiger partial charge in [0.25, 0.3) is 11.1 Å². The van der Waals surface area contributed by atoms with Crippen LogP contribution in [-0.2, 0) is 11.4 Å². The van der Waals surface area contributed by atoms with E-state index in [2.05, 4.69) is 15.9 Å². The Kier molecular flexibility index (Phi) is 7.15. The van der Waals surface area contributed by atoms with Gasteiger partial charge in [-0.2, -0.15) is 0 Å². The van der Waals surface area contributed by atoms with E-state index in [1.165, 1.54) is 12.1 Å². The zero-order valence-electron chi connectivity index (χ0n) is 17.6. The lowest BCUT2D eigenvalue weighted by molar-refractivity contribution is -0.113. The Balaban J connectivity index is 1.59. The summed E-state index contributed by atoms with van der Waals surface area (Å²) in [7, 11) is 0. The molecule has 0 atom stereocenters. The molecule has 1 saturated heterocycles. The second kappa shape index (κ2) is 10.2. The summed E-state index contributed by atoms with van der Waals surface area (Å²) in [6, 6.07) is 18.4. The summed E-state index contributed by atoms with van der Waals surface area (Å²) in [4.78, 5) is 26.8. The van der Waals surface area contributed by atoms with Gasteiger partial charge in [0, 0.05) is 0 Å². The maximum absolute atomic E-state index is 13.1. The van der Waals surface area contributed by atoms with Crippen LogP contribution >= 0.6 is 27.7 Å². The molecule has 0 aliphatic carbocycles. The molecule has 0 aromatic heterocycles. The van der Waals surface area contributed by atoms with Crippen LogP contribution in [0.2, 0.25) is 0 Å². The van der Waals surface area contributed by atoms with Crippen molar-refractivity contribution >= 4 is 50.6 Å². The van der Waals surface area contributed by atoms with Gasteiger partial charge in [0.15, 0.2) is 11.5 Å². The van der Waals surface area contributed by atoms with Crippen molar-refractivity contribution in [2.75, 3.05) is 11.5 Å². The first-order valence-corrected chi connectivity index (χ1v) is 11.7. The van der Waals surface area contributed by atoms with Gasteiger partial charge >= 0.3 is 0 Å². The Morgan fingerprint density at radius 2 is 1.76 bits per heavy atom. The van der Waals surface area contributed by atoms with Gasteiger partial charge in [0.2, 0.25) is 0 Å². The van der Waals surface area contributed by atoms with E-state index in [9.17, 15) is 14.0 Å². The van der Waals surface area contributed by atoms with Gasteiger partial charge in [-0.3, -0.25) is 9.59 Å². The van der Waals surface area contributed by atoms with Crippen LogP contribution in [0.3, 0.4) is 0 Å². The number of benzene rings is 3. The molecule has 168 valence electrons. The van der Waals surface area contributed by atoms with E-state index in [1.54, 1.807) is 54.6 Å². The number of thioether (sulfide) groups is 1. The van der Waals surface area contributed by atoms with Gasteiger partial charge in [0.1, 0.15) is 12.4 Å². The van der Waals surface area contributed by atoms with Gasteiger partial charge in [-0.15, -0.1) is 0 Å². The average molecular weight is 528 g/mol. The van der Waals surface area contributed by atoms with Crippen molar-refractivity contribution in [3.05, 3.63) is 93.1 Å². The molecule has 3 aromatic rings. The number of nitrogens with zero attached hydrogens (tertiary/aromatic N) is 1. The highest BCUT2D eigenvalue weighted by Crippen LogP contribution is 2.40. The van der Waals surface area contributed by atoms with Crippen molar-refractivity contribution in [3.8, 4) is 11.5 Å². The topological polar surface area (TPSA) is 55.8 Å². The number of carbonyl (C=O) groups is 2. The number of hydrogen-bond acceptors (Lipinski definition) is 5. The number of amides is 2. The fraction of sp³-hybridized carbons (Fsp3) is 0.120. The minimum Gasteiger partial charge on any atom is -0.490 e. The number of hydrogen-bond donors (Lipinski definition) is 0. The van der Waals surface area contributed by atoms with E-state index in [1.807, 2.05) is 13.0 Å². The van der Waals surface area contributed by atoms with Gasteiger partial charge in [-0.1, -0.05) is 30.3 Å². The molecule has 0 bridgehead atoms. The number of anilines is 1. The van der Waals surface area contributed by atoms with Gasteiger partial charge in [-0.25, -0.2) is 9.29 Å². The summed E-state index contributed by atoms with van der Waals surface area (Å²) < 4.78 is 25.5. The molecule has 1 aliphatic rings. The Morgan fingerprint density at radius 1 is 1.03 bits per heavy atom. The molecule has 2 amide bonds. The maximum Gasteiger partial charge on any atom is 0.298 e. The predicted molar refractivity (Wildman–Crippen MR) is 131 cm³/mol. The molecule has 33 heavy (non-hydrogen) atoms. The summed E-state index contributed by atoms with van der Waals surface area (Å²) in [5, 5.41) is -0.346. The highest BCUT2D eigenvalue weighted by atomic mass is 79.9. The van der Waals surface area contributed by atoms with Crippen LogP contribution in [0.15, 0.2) is 76.1 Å². The second-order valence-electron chi connectivity index (χ2n) is 7.03. The van der Waals surface area contributed by atoms with E-state index >= 15 is 0 Å². The molecule has 1 fully saturated rings. The molecular weight excluding hydrogens is 509 g/mol. The number of para-hydroxylation sites is 1. The van der Waals surface area contributed by atoms with E-state index in [0.717, 1.165) is 22.2 Å². The van der Waals surface area contributed by atoms with Crippen LogP contribution < -0.4 is 14.4 Å². The lowest BCUT2D eigenvalue weighted by Gasteiger charge is -2.15. The fourth-order valence-corrected chi connectivity index (χ4v) is 4.64. The van der Waals surface area contributed by atoms with E-state index < -0.39 is 0 Å². The molecule has 1 aliphatic heterocycles. The molecule has 0 spiro atoms. The lowest BCUT2D eigenvalue weighted by Crippen LogP contribution is -2.27. The van der Waals surface area contributed by atoms with Gasteiger partial charge < -0.3 is 9.47 Å². The molecule has 5 nitrogen and oxygen atoms in total. The Labute approximate surface area is 203 Å². The molecule has 8 heteroatoms. The van der Waals surface area contributed by atoms with Crippen molar-refractivity contribution in [2.24, 2.45) is 0 Å². The maximum atomic E-state index is 13.1. The zero-order valence-corrected chi connectivity index (χ0v) is 20.0.